The molecule has 1 aromatic heterocycles. The number of carbonyl (C=O) groups excluding carboxylic acids is 1. The highest BCUT2D eigenvalue weighted by molar-refractivity contribution is 5.92. The zero-order valence-corrected chi connectivity index (χ0v) is 12.6. The number of aromatic nitrogens is 2. The molecule has 2 rings (SSSR count). The van der Waals surface area contributed by atoms with Crippen LogP contribution in [-0.4, -0.2) is 59.3 Å². The predicted molar refractivity (Wildman–Crippen MR) is 78.8 cm³/mol. The molecule has 1 aromatic rings. The normalized spacial score (nSPS) is 21.8. The summed E-state index contributed by atoms with van der Waals surface area (Å²) in [7, 11) is 1.60. The quantitative estimate of drug-likeness (QED) is 0.666. The molecular formula is C14H21N3O5. The van der Waals surface area contributed by atoms with Crippen LogP contribution in [0.25, 0.3) is 0 Å². The minimum absolute atomic E-state index is 0.0331. The van der Waals surface area contributed by atoms with Crippen molar-refractivity contribution in [1.29, 1.82) is 0 Å². The molecule has 0 spiro atoms. The van der Waals surface area contributed by atoms with Crippen LogP contribution in [0.4, 0.5) is 0 Å². The van der Waals surface area contributed by atoms with E-state index in [9.17, 15) is 19.5 Å². The van der Waals surface area contributed by atoms with E-state index in [-0.39, 0.29) is 12.3 Å². The number of hydrogen-bond donors (Lipinski definition) is 3. The molecule has 1 atom stereocenters. The largest absolute Gasteiger partial charge is 0.396 e. The van der Waals surface area contributed by atoms with Gasteiger partial charge in [-0.25, -0.2) is 4.79 Å². The van der Waals surface area contributed by atoms with Gasteiger partial charge >= 0.3 is 5.69 Å². The number of H-pyrrole nitrogens is 2. The van der Waals surface area contributed by atoms with Gasteiger partial charge in [-0.2, -0.15) is 0 Å². The molecule has 1 amide bonds. The molecule has 0 aliphatic carbocycles. The standard InChI is InChI=1S/C14H21N3O5/c1-22-6-4-14(9-18)3-2-5-17(8-14)12(20)10-7-11(19)16-13(21)15-10/h7,18H,2-6,8-9H2,1H3,(H2,15,16,19,21)/t14-/m0/s1. The molecule has 2 heterocycles. The Labute approximate surface area is 127 Å². The Bertz CT molecular complexity index is 610. The minimum Gasteiger partial charge on any atom is -0.396 e. The number of likely N-dealkylation sites (tertiary alicyclic amines) is 1. The van der Waals surface area contributed by atoms with Crippen molar-refractivity contribution in [2.75, 3.05) is 33.4 Å². The number of methoxy groups -OCH3 is 1. The van der Waals surface area contributed by atoms with Crippen LogP contribution in [0, 0.1) is 5.41 Å². The number of aliphatic hydroxyl groups is 1. The fourth-order valence-corrected chi connectivity index (χ4v) is 2.87. The number of piperidine rings is 1. The Kier molecular flexibility index (Phi) is 5.15. The van der Waals surface area contributed by atoms with E-state index in [2.05, 4.69) is 4.98 Å². The van der Waals surface area contributed by atoms with Crippen LogP contribution < -0.4 is 11.2 Å². The van der Waals surface area contributed by atoms with Crippen molar-refractivity contribution < 1.29 is 14.6 Å². The molecule has 0 radical (unpaired) electrons. The van der Waals surface area contributed by atoms with Crippen molar-refractivity contribution in [2.24, 2.45) is 5.41 Å². The summed E-state index contributed by atoms with van der Waals surface area (Å²) in [6, 6.07) is 1.08. The summed E-state index contributed by atoms with van der Waals surface area (Å²) in [6.45, 7) is 1.37. The van der Waals surface area contributed by atoms with E-state index < -0.39 is 22.6 Å². The number of rotatable bonds is 5. The molecule has 1 fully saturated rings. The third kappa shape index (κ3) is 3.63. The molecule has 3 N–H and O–H groups in total. The monoisotopic (exact) mass is 311 g/mol. The lowest BCUT2D eigenvalue weighted by Gasteiger charge is -2.41. The van der Waals surface area contributed by atoms with E-state index in [1.54, 1.807) is 12.0 Å². The van der Waals surface area contributed by atoms with Gasteiger partial charge in [0.25, 0.3) is 11.5 Å². The second-order valence-corrected chi connectivity index (χ2v) is 5.73. The van der Waals surface area contributed by atoms with Crippen molar-refractivity contribution in [2.45, 2.75) is 19.3 Å². The zero-order chi connectivity index (χ0) is 16.2. The van der Waals surface area contributed by atoms with Crippen LogP contribution in [0.15, 0.2) is 15.7 Å². The first kappa shape index (κ1) is 16.4. The molecule has 8 heteroatoms. The Hall–Kier alpha value is -1.93. The second-order valence-electron chi connectivity index (χ2n) is 5.73. The third-order valence-corrected chi connectivity index (χ3v) is 4.11. The fraction of sp³-hybridized carbons (Fsp3) is 0.643. The molecule has 122 valence electrons. The Morgan fingerprint density at radius 3 is 2.86 bits per heavy atom. The number of nitrogens with zero attached hydrogens (tertiary/aromatic N) is 1. The molecule has 1 saturated heterocycles. The smallest absolute Gasteiger partial charge is 0.326 e. The van der Waals surface area contributed by atoms with Gasteiger partial charge in [0.15, 0.2) is 0 Å². The Balaban J connectivity index is 2.19. The molecule has 1 aliphatic rings. The average Bonchev–Trinajstić information content (AvgIpc) is 2.51. The van der Waals surface area contributed by atoms with Gasteiger partial charge in [-0.1, -0.05) is 0 Å². The van der Waals surface area contributed by atoms with Gasteiger partial charge in [-0.15, -0.1) is 0 Å². The van der Waals surface area contributed by atoms with E-state index in [0.717, 1.165) is 18.9 Å². The van der Waals surface area contributed by atoms with Gasteiger partial charge in [-0.3, -0.25) is 14.6 Å². The molecule has 0 saturated carbocycles. The van der Waals surface area contributed by atoms with Gasteiger partial charge in [0, 0.05) is 38.3 Å². The maximum atomic E-state index is 12.5. The van der Waals surface area contributed by atoms with Gasteiger partial charge < -0.3 is 19.7 Å². The van der Waals surface area contributed by atoms with Crippen molar-refractivity contribution in [1.82, 2.24) is 14.9 Å². The SMILES string of the molecule is COCC[C@@]1(CO)CCCN(C(=O)c2cc(=O)[nH]c(=O)[nH]2)C1. The minimum atomic E-state index is -0.708. The lowest BCUT2D eigenvalue weighted by Crippen LogP contribution is -2.49. The Morgan fingerprint density at radius 2 is 2.23 bits per heavy atom. The van der Waals surface area contributed by atoms with E-state index in [4.69, 9.17) is 4.74 Å². The number of nitrogens with one attached hydrogen (secondary N) is 2. The lowest BCUT2D eigenvalue weighted by atomic mass is 9.78. The first-order valence-electron chi connectivity index (χ1n) is 7.22. The Morgan fingerprint density at radius 1 is 1.45 bits per heavy atom. The first-order chi connectivity index (χ1) is 10.5. The summed E-state index contributed by atoms with van der Waals surface area (Å²) in [4.78, 5) is 41.0. The highest BCUT2D eigenvalue weighted by Crippen LogP contribution is 2.33. The van der Waals surface area contributed by atoms with E-state index in [0.29, 0.717) is 26.1 Å². The van der Waals surface area contributed by atoms with Crippen molar-refractivity contribution in [3.8, 4) is 0 Å². The summed E-state index contributed by atoms with van der Waals surface area (Å²) in [5, 5.41) is 9.72. The summed E-state index contributed by atoms with van der Waals surface area (Å²) in [5.74, 6) is -0.404. The van der Waals surface area contributed by atoms with Crippen molar-refractivity contribution in [3.63, 3.8) is 0 Å². The van der Waals surface area contributed by atoms with Crippen LogP contribution in [0.1, 0.15) is 29.8 Å². The maximum absolute atomic E-state index is 12.5. The average molecular weight is 311 g/mol. The van der Waals surface area contributed by atoms with Crippen LogP contribution in [0.3, 0.4) is 0 Å². The number of hydrogen-bond acceptors (Lipinski definition) is 5. The van der Waals surface area contributed by atoms with Gasteiger partial charge in [0.2, 0.25) is 0 Å². The maximum Gasteiger partial charge on any atom is 0.326 e. The number of aromatic amines is 2. The first-order valence-corrected chi connectivity index (χ1v) is 7.22. The van der Waals surface area contributed by atoms with Gasteiger partial charge in [0.05, 0.1) is 6.61 Å². The van der Waals surface area contributed by atoms with E-state index in [1.165, 1.54) is 0 Å². The van der Waals surface area contributed by atoms with Gasteiger partial charge in [0.1, 0.15) is 5.69 Å². The third-order valence-electron chi connectivity index (χ3n) is 4.11. The second kappa shape index (κ2) is 6.89. The molecule has 8 nitrogen and oxygen atoms in total. The van der Waals surface area contributed by atoms with Crippen LogP contribution in [0.2, 0.25) is 0 Å². The van der Waals surface area contributed by atoms with Gasteiger partial charge in [-0.05, 0) is 19.3 Å². The van der Waals surface area contributed by atoms with Crippen LogP contribution in [-0.2, 0) is 4.74 Å². The highest BCUT2D eigenvalue weighted by Gasteiger charge is 2.36. The summed E-state index contributed by atoms with van der Waals surface area (Å²) < 4.78 is 5.08. The number of carbonyl (C=O) groups is 1. The zero-order valence-electron chi connectivity index (χ0n) is 12.6. The summed E-state index contributed by atoms with van der Waals surface area (Å²) >= 11 is 0. The highest BCUT2D eigenvalue weighted by atomic mass is 16.5. The molecule has 1 aliphatic heterocycles. The molecular weight excluding hydrogens is 290 g/mol. The molecule has 0 unspecified atom stereocenters. The molecule has 22 heavy (non-hydrogen) atoms. The van der Waals surface area contributed by atoms with Crippen molar-refractivity contribution in [3.05, 3.63) is 32.6 Å². The summed E-state index contributed by atoms with van der Waals surface area (Å²) in [6.07, 6.45) is 2.21. The number of ether oxygens (including phenoxy) is 1. The molecule has 0 bridgehead atoms. The van der Waals surface area contributed by atoms with E-state index in [1.807, 2.05) is 4.98 Å². The lowest BCUT2D eigenvalue weighted by molar-refractivity contribution is 0.00870. The summed E-state index contributed by atoms with van der Waals surface area (Å²) in [5.41, 5.74) is -1.75. The number of amides is 1. The van der Waals surface area contributed by atoms with Crippen molar-refractivity contribution >= 4 is 5.91 Å². The van der Waals surface area contributed by atoms with E-state index >= 15 is 0 Å². The number of aliphatic hydroxyl groups excluding tert-OH is 1. The molecule has 0 aromatic carbocycles. The predicted octanol–water partition coefficient (Wildman–Crippen LogP) is -0.686. The fourth-order valence-electron chi connectivity index (χ4n) is 2.87. The van der Waals surface area contributed by atoms with Crippen LogP contribution in [0.5, 0.6) is 0 Å². The topological polar surface area (TPSA) is 115 Å². The van der Waals surface area contributed by atoms with Crippen LogP contribution >= 0.6 is 0 Å².